The van der Waals surface area contributed by atoms with Crippen LogP contribution in [-0.4, -0.2) is 38.0 Å². The monoisotopic (exact) mass is 238 g/mol. The van der Waals surface area contributed by atoms with Crippen molar-refractivity contribution in [3.63, 3.8) is 0 Å². The largest absolute Gasteiger partial charge is 0.381 e. The van der Waals surface area contributed by atoms with E-state index in [1.807, 2.05) is 6.92 Å². The van der Waals surface area contributed by atoms with Crippen LogP contribution in [-0.2, 0) is 9.47 Å². The average molecular weight is 238 g/mol. The van der Waals surface area contributed by atoms with Gasteiger partial charge in [0.2, 0.25) is 0 Å². The van der Waals surface area contributed by atoms with Crippen LogP contribution in [0.15, 0.2) is 0 Å². The molecule has 4 nitrogen and oxygen atoms in total. The van der Waals surface area contributed by atoms with Gasteiger partial charge in [-0.1, -0.05) is 0 Å². The van der Waals surface area contributed by atoms with Gasteiger partial charge in [0.15, 0.2) is 0 Å². The number of hydrogen-bond acceptors (Lipinski definition) is 4. The third-order valence-corrected chi connectivity index (χ3v) is 3.43. The third-order valence-electron chi connectivity index (χ3n) is 3.43. The van der Waals surface area contributed by atoms with Gasteiger partial charge < -0.3 is 9.47 Å². The van der Waals surface area contributed by atoms with Gasteiger partial charge >= 0.3 is 0 Å². The van der Waals surface area contributed by atoms with Crippen molar-refractivity contribution in [2.24, 2.45) is 5.92 Å². The van der Waals surface area contributed by atoms with Crippen LogP contribution in [0.4, 0.5) is 0 Å². The van der Waals surface area contributed by atoms with E-state index in [2.05, 4.69) is 11.4 Å². The van der Waals surface area contributed by atoms with Gasteiger partial charge in [-0.25, -0.2) is 0 Å². The van der Waals surface area contributed by atoms with Crippen molar-refractivity contribution in [1.29, 1.82) is 5.26 Å². The highest BCUT2D eigenvalue weighted by Crippen LogP contribution is 2.23. The number of nitrogens with zero attached hydrogens (tertiary/aromatic N) is 1. The molecule has 1 aliphatic carbocycles. The normalized spacial score (nSPS) is 25.2. The Morgan fingerprint density at radius 1 is 1.35 bits per heavy atom. The fourth-order valence-corrected chi connectivity index (χ4v) is 2.13. The lowest BCUT2D eigenvalue weighted by Crippen LogP contribution is -2.46. The van der Waals surface area contributed by atoms with E-state index in [4.69, 9.17) is 9.47 Å². The lowest BCUT2D eigenvalue weighted by Gasteiger charge is -2.26. The summed E-state index contributed by atoms with van der Waals surface area (Å²) in [5.74, 6) is 0.604. The van der Waals surface area contributed by atoms with Crippen molar-refractivity contribution in [3.8, 4) is 6.07 Å². The highest BCUT2D eigenvalue weighted by atomic mass is 16.5. The molecule has 1 saturated carbocycles. The van der Waals surface area contributed by atoms with Gasteiger partial charge in [0, 0.05) is 25.9 Å². The number of ether oxygens (including phenoxy) is 2. The first-order valence-corrected chi connectivity index (χ1v) is 6.56. The molecule has 1 heterocycles. The molecule has 17 heavy (non-hydrogen) atoms. The second-order valence-electron chi connectivity index (χ2n) is 5.43. The van der Waals surface area contributed by atoms with E-state index >= 15 is 0 Å². The van der Waals surface area contributed by atoms with Gasteiger partial charge in [0.05, 0.1) is 12.7 Å². The molecule has 2 fully saturated rings. The summed E-state index contributed by atoms with van der Waals surface area (Å²) < 4.78 is 11.0. The highest BCUT2D eigenvalue weighted by molar-refractivity contribution is 5.07. The first-order valence-electron chi connectivity index (χ1n) is 6.56. The zero-order valence-corrected chi connectivity index (χ0v) is 10.6. The number of nitriles is 1. The van der Waals surface area contributed by atoms with Crippen LogP contribution in [0.3, 0.4) is 0 Å². The Balaban J connectivity index is 1.66. The van der Waals surface area contributed by atoms with Crippen molar-refractivity contribution < 1.29 is 9.47 Å². The van der Waals surface area contributed by atoms with Crippen LogP contribution in [0.1, 0.15) is 32.6 Å². The number of hydrogen-bond donors (Lipinski definition) is 1. The van der Waals surface area contributed by atoms with E-state index in [-0.39, 0.29) is 0 Å². The fourth-order valence-electron chi connectivity index (χ4n) is 2.13. The van der Waals surface area contributed by atoms with Crippen molar-refractivity contribution >= 4 is 0 Å². The second-order valence-corrected chi connectivity index (χ2v) is 5.43. The molecule has 1 atom stereocenters. The minimum atomic E-state index is -0.521. The Bertz CT molecular complexity index is 280. The molecule has 1 saturated heterocycles. The van der Waals surface area contributed by atoms with Crippen LogP contribution in [0.25, 0.3) is 0 Å². The molecule has 4 heteroatoms. The van der Waals surface area contributed by atoms with Crippen LogP contribution in [0, 0.1) is 17.2 Å². The molecule has 1 aliphatic heterocycles. The summed E-state index contributed by atoms with van der Waals surface area (Å²) in [4.78, 5) is 0. The highest BCUT2D eigenvalue weighted by Gasteiger charge is 2.32. The maximum atomic E-state index is 9.19. The summed E-state index contributed by atoms with van der Waals surface area (Å²) in [6, 6.07) is 2.86. The Hall–Kier alpha value is -0.630. The topological polar surface area (TPSA) is 54.3 Å². The molecule has 0 aromatic carbocycles. The minimum Gasteiger partial charge on any atom is -0.381 e. The molecular formula is C13H22N2O2. The molecule has 1 N–H and O–H groups in total. The summed E-state index contributed by atoms with van der Waals surface area (Å²) >= 11 is 0. The molecular weight excluding hydrogens is 216 g/mol. The van der Waals surface area contributed by atoms with E-state index in [1.54, 1.807) is 0 Å². The molecule has 0 aromatic heterocycles. The van der Waals surface area contributed by atoms with Crippen molar-refractivity contribution in [2.75, 3.05) is 26.4 Å². The van der Waals surface area contributed by atoms with Gasteiger partial charge in [0.1, 0.15) is 5.54 Å². The predicted molar refractivity (Wildman–Crippen MR) is 64.5 cm³/mol. The summed E-state index contributed by atoms with van der Waals surface area (Å²) in [6.45, 7) is 4.87. The van der Waals surface area contributed by atoms with Crippen molar-refractivity contribution in [1.82, 2.24) is 5.32 Å². The van der Waals surface area contributed by atoms with Crippen LogP contribution < -0.4 is 5.32 Å². The maximum absolute atomic E-state index is 9.19. The van der Waals surface area contributed by atoms with E-state index < -0.39 is 5.54 Å². The van der Waals surface area contributed by atoms with E-state index in [0.29, 0.717) is 18.6 Å². The summed E-state index contributed by atoms with van der Waals surface area (Å²) in [5.41, 5.74) is -0.521. The Labute approximate surface area is 103 Å². The van der Waals surface area contributed by atoms with Crippen LogP contribution >= 0.6 is 0 Å². The van der Waals surface area contributed by atoms with Crippen molar-refractivity contribution in [2.45, 2.75) is 44.2 Å². The number of rotatable bonds is 6. The third kappa shape index (κ3) is 4.27. The lowest BCUT2D eigenvalue weighted by molar-refractivity contribution is 0.0105. The Morgan fingerprint density at radius 2 is 2.06 bits per heavy atom. The van der Waals surface area contributed by atoms with Gasteiger partial charge in [-0.3, -0.25) is 5.32 Å². The molecule has 0 radical (unpaired) electrons. The molecule has 0 aromatic rings. The average Bonchev–Trinajstić information content (AvgIpc) is 3.14. The van der Waals surface area contributed by atoms with Crippen molar-refractivity contribution in [3.05, 3.63) is 0 Å². The molecule has 0 amide bonds. The molecule has 0 spiro atoms. The Morgan fingerprint density at radius 3 is 2.65 bits per heavy atom. The second kappa shape index (κ2) is 5.81. The summed E-state index contributed by atoms with van der Waals surface area (Å²) in [5, 5.41) is 12.5. The van der Waals surface area contributed by atoms with E-state index in [1.165, 1.54) is 12.8 Å². The molecule has 96 valence electrons. The molecule has 0 bridgehead atoms. The standard InChI is InChI=1S/C13H22N2O2/c1-13(9-14,15-12-2-3-12)10-17-8-11-4-6-16-7-5-11/h11-12,15H,2-8,10H2,1H3. The first-order chi connectivity index (χ1) is 8.22. The first kappa shape index (κ1) is 12.8. The maximum Gasteiger partial charge on any atom is 0.127 e. The van der Waals surface area contributed by atoms with Crippen LogP contribution in [0.2, 0.25) is 0 Å². The minimum absolute atomic E-state index is 0.483. The smallest absolute Gasteiger partial charge is 0.127 e. The Kier molecular flexibility index (Phi) is 4.38. The fraction of sp³-hybridized carbons (Fsp3) is 0.923. The zero-order valence-electron chi connectivity index (χ0n) is 10.6. The van der Waals surface area contributed by atoms with Gasteiger partial charge in [0.25, 0.3) is 0 Å². The predicted octanol–water partition coefficient (Wildman–Crippen LogP) is 1.46. The molecule has 2 rings (SSSR count). The summed E-state index contributed by atoms with van der Waals surface area (Å²) in [6.07, 6.45) is 4.55. The number of nitrogens with one attached hydrogen (secondary N) is 1. The summed E-state index contributed by atoms with van der Waals surface area (Å²) in [7, 11) is 0. The molecule has 2 aliphatic rings. The zero-order chi connectivity index (χ0) is 12.1. The van der Waals surface area contributed by atoms with E-state index in [9.17, 15) is 5.26 Å². The quantitative estimate of drug-likeness (QED) is 0.761. The van der Waals surface area contributed by atoms with Gasteiger partial charge in [-0.05, 0) is 38.5 Å². The lowest BCUT2D eigenvalue weighted by atomic mass is 10.0. The van der Waals surface area contributed by atoms with Gasteiger partial charge in [-0.15, -0.1) is 0 Å². The SMILES string of the molecule is CC(C#N)(COCC1CCOCC1)NC1CC1. The van der Waals surface area contributed by atoms with E-state index in [0.717, 1.165) is 32.7 Å². The molecule has 1 unspecified atom stereocenters. The van der Waals surface area contributed by atoms with Gasteiger partial charge in [-0.2, -0.15) is 5.26 Å². The van der Waals surface area contributed by atoms with Crippen LogP contribution in [0.5, 0.6) is 0 Å².